The first kappa shape index (κ1) is 13.8. The summed E-state index contributed by atoms with van der Waals surface area (Å²) in [6, 6.07) is 12.3. The van der Waals surface area contributed by atoms with Gasteiger partial charge in [0.15, 0.2) is 0 Å². The van der Waals surface area contributed by atoms with Gasteiger partial charge in [-0.05, 0) is 35.7 Å². The van der Waals surface area contributed by atoms with E-state index in [1.165, 1.54) is 0 Å². The Bertz CT molecular complexity index is 713. The molecule has 5 nitrogen and oxygen atoms in total. The number of aromatic nitrogens is 3. The second-order valence-corrected chi connectivity index (χ2v) is 5.84. The lowest BCUT2D eigenvalue weighted by atomic mass is 10.2. The second-order valence-electron chi connectivity index (χ2n) is 4.89. The van der Waals surface area contributed by atoms with Crippen LogP contribution in [0.1, 0.15) is 5.69 Å². The number of rotatable bonds is 4. The van der Waals surface area contributed by atoms with E-state index >= 15 is 0 Å². The van der Waals surface area contributed by atoms with Gasteiger partial charge in [-0.1, -0.05) is 11.3 Å². The minimum atomic E-state index is 0.378. The van der Waals surface area contributed by atoms with Crippen molar-refractivity contribution in [1.82, 2.24) is 15.0 Å². The highest BCUT2D eigenvalue weighted by Crippen LogP contribution is 2.29. The molecule has 0 aliphatic heterocycles. The first-order chi connectivity index (χ1) is 10.2. The average Bonchev–Trinajstić information content (AvgIpc) is 3.15. The standard InChI is InChI=1S/C15H17N5S/c1-19(2)11-5-7-12(8-6-11)20-15(13(10-16)17-18-20)14-4-3-9-21-14/h3-9H,10,16H2,1-2H3. The number of hydrogen-bond acceptors (Lipinski definition) is 5. The molecule has 21 heavy (non-hydrogen) atoms. The Morgan fingerprint density at radius 3 is 2.52 bits per heavy atom. The van der Waals surface area contributed by atoms with Crippen LogP contribution in [0.4, 0.5) is 5.69 Å². The van der Waals surface area contributed by atoms with Crippen LogP contribution in [0.15, 0.2) is 41.8 Å². The van der Waals surface area contributed by atoms with Crippen LogP contribution in [0.25, 0.3) is 16.3 Å². The summed E-state index contributed by atoms with van der Waals surface area (Å²) >= 11 is 1.66. The first-order valence-corrected chi connectivity index (χ1v) is 7.55. The number of anilines is 1. The quantitative estimate of drug-likeness (QED) is 0.804. The van der Waals surface area contributed by atoms with Crippen LogP contribution in [0, 0.1) is 0 Å². The van der Waals surface area contributed by atoms with E-state index in [0.29, 0.717) is 6.54 Å². The third kappa shape index (κ3) is 2.55. The first-order valence-electron chi connectivity index (χ1n) is 6.67. The molecule has 0 fully saturated rings. The molecule has 0 radical (unpaired) electrons. The highest BCUT2D eigenvalue weighted by atomic mass is 32.1. The summed E-state index contributed by atoms with van der Waals surface area (Å²) in [7, 11) is 4.04. The van der Waals surface area contributed by atoms with Crippen molar-refractivity contribution >= 4 is 17.0 Å². The van der Waals surface area contributed by atoms with Crippen molar-refractivity contribution in [3.63, 3.8) is 0 Å². The molecule has 0 unspecified atom stereocenters. The molecule has 3 rings (SSSR count). The number of nitrogens with two attached hydrogens (primary N) is 1. The summed E-state index contributed by atoms with van der Waals surface area (Å²) in [6.07, 6.45) is 0. The van der Waals surface area contributed by atoms with Crippen molar-refractivity contribution in [2.24, 2.45) is 5.73 Å². The Balaban J connectivity index is 2.08. The van der Waals surface area contributed by atoms with Gasteiger partial charge in [-0.2, -0.15) is 0 Å². The SMILES string of the molecule is CN(C)c1ccc(-n2nnc(CN)c2-c2cccs2)cc1. The average molecular weight is 299 g/mol. The molecule has 0 spiro atoms. The van der Waals surface area contributed by atoms with Crippen LogP contribution in [-0.4, -0.2) is 29.1 Å². The number of hydrogen-bond donors (Lipinski definition) is 1. The van der Waals surface area contributed by atoms with Crippen LogP contribution < -0.4 is 10.6 Å². The van der Waals surface area contributed by atoms with Crippen molar-refractivity contribution in [2.45, 2.75) is 6.54 Å². The summed E-state index contributed by atoms with van der Waals surface area (Å²) in [4.78, 5) is 3.19. The van der Waals surface area contributed by atoms with E-state index < -0.39 is 0 Å². The molecule has 2 N–H and O–H groups in total. The Hall–Kier alpha value is -2.18. The predicted molar refractivity (Wildman–Crippen MR) is 86.9 cm³/mol. The number of nitrogens with zero attached hydrogens (tertiary/aromatic N) is 4. The third-order valence-corrected chi connectivity index (χ3v) is 4.18. The van der Waals surface area contributed by atoms with Crippen LogP contribution in [-0.2, 0) is 6.54 Å². The zero-order valence-corrected chi connectivity index (χ0v) is 12.8. The van der Waals surface area contributed by atoms with E-state index in [1.54, 1.807) is 11.3 Å². The van der Waals surface area contributed by atoms with Gasteiger partial charge in [0, 0.05) is 26.3 Å². The summed E-state index contributed by atoms with van der Waals surface area (Å²) in [6.45, 7) is 0.378. The van der Waals surface area contributed by atoms with Crippen LogP contribution in [0.3, 0.4) is 0 Å². The molecule has 0 atom stereocenters. The maximum absolute atomic E-state index is 5.79. The van der Waals surface area contributed by atoms with Gasteiger partial charge < -0.3 is 10.6 Å². The summed E-state index contributed by atoms with van der Waals surface area (Å²) in [5, 5.41) is 10.5. The van der Waals surface area contributed by atoms with Gasteiger partial charge in [-0.15, -0.1) is 16.4 Å². The molecular weight excluding hydrogens is 282 g/mol. The van der Waals surface area contributed by atoms with Gasteiger partial charge in [0.05, 0.1) is 10.6 Å². The molecule has 2 heterocycles. The molecule has 0 saturated heterocycles. The predicted octanol–water partition coefficient (Wildman–Crippen LogP) is 2.52. The maximum Gasteiger partial charge on any atom is 0.109 e. The van der Waals surface area contributed by atoms with Crippen molar-refractivity contribution in [3.05, 3.63) is 47.5 Å². The van der Waals surface area contributed by atoms with Crippen LogP contribution >= 0.6 is 11.3 Å². The zero-order valence-electron chi connectivity index (χ0n) is 12.0. The molecule has 108 valence electrons. The molecule has 0 saturated carbocycles. The summed E-state index contributed by atoms with van der Waals surface area (Å²) in [5.41, 5.74) is 9.72. The molecule has 3 aromatic rings. The molecule has 0 aliphatic rings. The normalized spacial score (nSPS) is 10.8. The van der Waals surface area contributed by atoms with Gasteiger partial charge in [0.1, 0.15) is 11.4 Å². The van der Waals surface area contributed by atoms with Gasteiger partial charge in [-0.25, -0.2) is 4.68 Å². The lowest BCUT2D eigenvalue weighted by Crippen LogP contribution is -2.08. The highest BCUT2D eigenvalue weighted by molar-refractivity contribution is 7.13. The highest BCUT2D eigenvalue weighted by Gasteiger charge is 2.16. The minimum Gasteiger partial charge on any atom is -0.378 e. The van der Waals surface area contributed by atoms with Gasteiger partial charge in [-0.3, -0.25) is 0 Å². The van der Waals surface area contributed by atoms with E-state index in [1.807, 2.05) is 42.4 Å². The van der Waals surface area contributed by atoms with Gasteiger partial charge in [0.25, 0.3) is 0 Å². The molecule has 0 bridgehead atoms. The molecule has 2 aromatic heterocycles. The summed E-state index contributed by atoms with van der Waals surface area (Å²) < 4.78 is 1.85. The molecular formula is C15H17N5S. The smallest absolute Gasteiger partial charge is 0.109 e. The van der Waals surface area contributed by atoms with Crippen molar-refractivity contribution in [1.29, 1.82) is 0 Å². The number of thiophene rings is 1. The molecule has 6 heteroatoms. The third-order valence-electron chi connectivity index (χ3n) is 3.30. The van der Waals surface area contributed by atoms with Gasteiger partial charge in [0.2, 0.25) is 0 Å². The van der Waals surface area contributed by atoms with Crippen LogP contribution in [0.2, 0.25) is 0 Å². The second kappa shape index (κ2) is 5.67. The van der Waals surface area contributed by atoms with Crippen molar-refractivity contribution in [2.75, 3.05) is 19.0 Å². The Morgan fingerprint density at radius 1 is 1.19 bits per heavy atom. The van der Waals surface area contributed by atoms with E-state index in [4.69, 9.17) is 5.73 Å². The molecule has 1 aromatic carbocycles. The van der Waals surface area contributed by atoms with Crippen molar-refractivity contribution in [3.8, 4) is 16.3 Å². The lowest BCUT2D eigenvalue weighted by Gasteiger charge is -2.13. The Morgan fingerprint density at radius 2 is 1.95 bits per heavy atom. The monoisotopic (exact) mass is 299 g/mol. The lowest BCUT2D eigenvalue weighted by molar-refractivity contribution is 0.800. The fraction of sp³-hybridized carbons (Fsp3) is 0.200. The van der Waals surface area contributed by atoms with Gasteiger partial charge >= 0.3 is 0 Å². The van der Waals surface area contributed by atoms with E-state index in [9.17, 15) is 0 Å². The maximum atomic E-state index is 5.79. The van der Waals surface area contributed by atoms with Crippen molar-refractivity contribution < 1.29 is 0 Å². The van der Waals surface area contributed by atoms with Crippen LogP contribution in [0.5, 0.6) is 0 Å². The van der Waals surface area contributed by atoms with E-state index in [2.05, 4.69) is 33.4 Å². The summed E-state index contributed by atoms with van der Waals surface area (Å²) in [5.74, 6) is 0. The van der Waals surface area contributed by atoms with E-state index in [0.717, 1.165) is 27.6 Å². The molecule has 0 amide bonds. The molecule has 0 aliphatic carbocycles. The topological polar surface area (TPSA) is 60.0 Å². The fourth-order valence-corrected chi connectivity index (χ4v) is 2.96. The Kier molecular flexibility index (Phi) is 3.72. The zero-order chi connectivity index (χ0) is 14.8. The number of benzene rings is 1. The largest absolute Gasteiger partial charge is 0.378 e. The Labute approximate surface area is 127 Å². The fourth-order valence-electron chi connectivity index (χ4n) is 2.18. The van der Waals surface area contributed by atoms with E-state index in [-0.39, 0.29) is 0 Å². The minimum absolute atomic E-state index is 0.378.